The Labute approximate surface area is 211 Å². The van der Waals surface area contributed by atoms with Gasteiger partial charge in [-0.05, 0) is 50.2 Å². The Morgan fingerprint density at radius 3 is 2.58 bits per heavy atom. The second kappa shape index (κ2) is 8.71. The number of aliphatic hydroxyl groups is 2. The maximum Gasteiger partial charge on any atom is 0.514 e. The topological polar surface area (TPSA) is 118 Å². The van der Waals surface area contributed by atoms with Crippen LogP contribution < -0.4 is 5.32 Å². The van der Waals surface area contributed by atoms with Crippen LogP contribution in [0.5, 0.6) is 0 Å². The number of rotatable bonds is 2. The van der Waals surface area contributed by atoms with Crippen LogP contribution in [0, 0.1) is 23.7 Å². The molecule has 194 valence electrons. The molecule has 3 aliphatic heterocycles. The molecule has 0 bridgehead atoms. The van der Waals surface area contributed by atoms with Gasteiger partial charge in [-0.2, -0.15) is 0 Å². The zero-order chi connectivity index (χ0) is 25.9. The number of hydrogen-bond acceptors (Lipinski definition) is 7. The number of hydrogen-bond donors (Lipinski definition) is 3. The van der Waals surface area contributed by atoms with E-state index in [9.17, 15) is 19.8 Å². The Bertz CT molecular complexity index is 1080. The van der Waals surface area contributed by atoms with Crippen molar-refractivity contribution in [3.63, 3.8) is 0 Å². The first kappa shape index (κ1) is 25.0. The maximum absolute atomic E-state index is 13.8. The molecule has 3 heterocycles. The zero-order valence-corrected chi connectivity index (χ0v) is 21.1. The maximum atomic E-state index is 13.8. The number of nitrogens with one attached hydrogen (secondary N) is 1. The van der Waals surface area contributed by atoms with Crippen LogP contribution in [-0.2, 0) is 25.4 Å². The normalized spacial score (nSPS) is 47.8. The van der Waals surface area contributed by atoms with E-state index in [-0.39, 0.29) is 35.8 Å². The highest BCUT2D eigenvalue weighted by atomic mass is 16.7. The molecule has 4 aliphatic rings. The smallest absolute Gasteiger partial charge is 0.416 e. The first-order valence-electron chi connectivity index (χ1n) is 12.7. The second-order valence-electron chi connectivity index (χ2n) is 11.2. The molecule has 1 spiro atoms. The minimum absolute atomic E-state index is 0.0830. The standard InChI is InChI=1S/C28H35NO7/c1-16-9-8-12-19-23-27(4,35-23)17(2)21-20(15-18-10-6-5-7-11-18)29-24(31)28(19,21)36-25(32)34-14-13-26(3,33)22(16)30/h5-8,10-14,16-17,19-23,30,33H,9,15H2,1-4H3,(H,29,31)/b12-8+,14-13+/t16-,17?,19-,20-,21?,22?,23+,26+,27+,28?/m0/s1. The lowest BCUT2D eigenvalue weighted by atomic mass is 9.59. The highest BCUT2D eigenvalue weighted by Gasteiger charge is 2.78. The number of carbonyl (C=O) groups excluding carboxylic acids is 2. The van der Waals surface area contributed by atoms with Gasteiger partial charge in [0.1, 0.15) is 5.60 Å². The third-order valence-corrected chi connectivity index (χ3v) is 8.86. The van der Waals surface area contributed by atoms with E-state index >= 15 is 0 Å². The van der Waals surface area contributed by atoms with E-state index in [4.69, 9.17) is 14.2 Å². The molecule has 8 heteroatoms. The van der Waals surface area contributed by atoms with Gasteiger partial charge in [0, 0.05) is 12.0 Å². The van der Waals surface area contributed by atoms with Gasteiger partial charge in [-0.3, -0.25) is 4.79 Å². The lowest BCUT2D eigenvalue weighted by molar-refractivity contribution is -0.153. The summed E-state index contributed by atoms with van der Waals surface area (Å²) in [6.07, 6.45) is 4.60. The van der Waals surface area contributed by atoms with E-state index in [0.717, 1.165) is 11.8 Å². The lowest BCUT2D eigenvalue weighted by Crippen LogP contribution is -2.61. The number of allylic oxidation sites excluding steroid dienone is 1. The van der Waals surface area contributed by atoms with Crippen molar-refractivity contribution in [2.75, 3.05) is 0 Å². The van der Waals surface area contributed by atoms with Gasteiger partial charge in [-0.25, -0.2) is 4.79 Å². The molecule has 4 unspecified atom stereocenters. The molecule has 3 fully saturated rings. The van der Waals surface area contributed by atoms with Gasteiger partial charge in [0.05, 0.1) is 30.0 Å². The number of epoxide rings is 1. The van der Waals surface area contributed by atoms with E-state index < -0.39 is 35.0 Å². The summed E-state index contributed by atoms with van der Waals surface area (Å²) in [6.45, 7) is 7.38. The summed E-state index contributed by atoms with van der Waals surface area (Å²) in [7, 11) is 0. The summed E-state index contributed by atoms with van der Waals surface area (Å²) in [4.78, 5) is 26.8. The van der Waals surface area contributed by atoms with Crippen LogP contribution in [0.4, 0.5) is 4.79 Å². The molecular formula is C28H35NO7. The number of aliphatic hydroxyl groups excluding tert-OH is 1. The fourth-order valence-corrected chi connectivity index (χ4v) is 6.64. The van der Waals surface area contributed by atoms with Crippen LogP contribution in [0.1, 0.15) is 39.7 Å². The van der Waals surface area contributed by atoms with Crippen LogP contribution in [0.3, 0.4) is 0 Å². The van der Waals surface area contributed by atoms with E-state index in [1.54, 1.807) is 0 Å². The van der Waals surface area contributed by atoms with Gasteiger partial charge in [0.15, 0.2) is 0 Å². The molecule has 1 aromatic rings. The van der Waals surface area contributed by atoms with Gasteiger partial charge in [0.2, 0.25) is 5.60 Å². The number of ether oxygens (including phenoxy) is 3. The van der Waals surface area contributed by atoms with Crippen LogP contribution in [0.2, 0.25) is 0 Å². The SMILES string of the molecule is CC1C2[C@H](Cc3ccccc3)NC(=O)C23OC(=O)O/C=C/[C@@](C)(O)C(O)[C@@H](C)C/C=C/[C@H]3[C@H]2O[C@]12C. The molecule has 0 aromatic heterocycles. The summed E-state index contributed by atoms with van der Waals surface area (Å²) in [5.74, 6) is -1.64. The Morgan fingerprint density at radius 2 is 1.86 bits per heavy atom. The molecule has 36 heavy (non-hydrogen) atoms. The minimum Gasteiger partial charge on any atom is -0.416 e. The van der Waals surface area contributed by atoms with Gasteiger partial charge >= 0.3 is 6.16 Å². The van der Waals surface area contributed by atoms with Crippen LogP contribution in [0.25, 0.3) is 0 Å². The Balaban J connectivity index is 1.57. The van der Waals surface area contributed by atoms with Gasteiger partial charge in [-0.1, -0.05) is 56.3 Å². The number of benzene rings is 1. The minimum atomic E-state index is -1.62. The van der Waals surface area contributed by atoms with Gasteiger partial charge in [0.25, 0.3) is 5.91 Å². The van der Waals surface area contributed by atoms with E-state index in [1.807, 2.05) is 56.3 Å². The molecule has 3 N–H and O–H groups in total. The van der Waals surface area contributed by atoms with Crippen molar-refractivity contribution >= 4 is 12.1 Å². The van der Waals surface area contributed by atoms with Gasteiger partial charge in [-0.15, -0.1) is 0 Å². The van der Waals surface area contributed by atoms with Crippen LogP contribution >= 0.6 is 0 Å². The van der Waals surface area contributed by atoms with Gasteiger partial charge < -0.3 is 29.7 Å². The third-order valence-electron chi connectivity index (χ3n) is 8.86. The molecule has 0 radical (unpaired) electrons. The summed E-state index contributed by atoms with van der Waals surface area (Å²) < 4.78 is 17.4. The van der Waals surface area contributed by atoms with Crippen molar-refractivity contribution in [1.82, 2.24) is 5.32 Å². The highest BCUT2D eigenvalue weighted by Crippen LogP contribution is 2.63. The van der Waals surface area contributed by atoms with Crippen molar-refractivity contribution in [2.24, 2.45) is 23.7 Å². The monoisotopic (exact) mass is 497 g/mol. The molecule has 1 aromatic carbocycles. The van der Waals surface area contributed by atoms with Crippen LogP contribution in [-0.4, -0.2) is 57.3 Å². The Morgan fingerprint density at radius 1 is 1.14 bits per heavy atom. The van der Waals surface area contributed by atoms with Crippen molar-refractivity contribution in [1.29, 1.82) is 0 Å². The molecule has 1 amide bonds. The molecule has 2 saturated heterocycles. The van der Waals surface area contributed by atoms with Crippen LogP contribution in [0.15, 0.2) is 54.8 Å². The van der Waals surface area contributed by atoms with Crippen molar-refractivity contribution in [3.05, 3.63) is 60.4 Å². The highest BCUT2D eigenvalue weighted by molar-refractivity contribution is 5.92. The molecule has 5 rings (SSSR count). The number of carbonyl (C=O) groups is 2. The largest absolute Gasteiger partial charge is 0.514 e. The number of cyclic esters (lactones) is 1. The first-order valence-corrected chi connectivity index (χ1v) is 12.7. The summed E-state index contributed by atoms with van der Waals surface area (Å²) >= 11 is 0. The average molecular weight is 498 g/mol. The quantitative estimate of drug-likeness (QED) is 0.327. The predicted molar refractivity (Wildman–Crippen MR) is 130 cm³/mol. The van der Waals surface area contributed by atoms with Crippen molar-refractivity contribution in [3.8, 4) is 0 Å². The third kappa shape index (κ3) is 3.86. The summed E-state index contributed by atoms with van der Waals surface area (Å²) in [5.41, 5.74) is -2.52. The zero-order valence-electron chi connectivity index (χ0n) is 21.1. The van der Waals surface area contributed by atoms with E-state index in [2.05, 4.69) is 12.2 Å². The Hall–Kier alpha value is -2.68. The molecule has 10 atom stereocenters. The molecule has 1 saturated carbocycles. The summed E-state index contributed by atoms with van der Waals surface area (Å²) in [6, 6.07) is 9.63. The number of fused-ring (bicyclic) bond motifs is 2. The predicted octanol–water partition coefficient (Wildman–Crippen LogP) is 2.88. The lowest BCUT2D eigenvalue weighted by Gasteiger charge is -2.45. The fraction of sp³-hybridized carbons (Fsp3) is 0.571. The molecular weight excluding hydrogens is 462 g/mol. The summed E-state index contributed by atoms with van der Waals surface area (Å²) in [5, 5.41) is 24.5. The molecule has 8 nitrogen and oxygen atoms in total. The van der Waals surface area contributed by atoms with Crippen molar-refractivity contribution in [2.45, 2.75) is 75.6 Å². The van der Waals surface area contributed by atoms with E-state index in [0.29, 0.717) is 12.8 Å². The second-order valence-corrected chi connectivity index (χ2v) is 11.2. The number of amides is 1. The Kier molecular flexibility index (Phi) is 6.05. The first-order chi connectivity index (χ1) is 17.0. The fourth-order valence-electron chi connectivity index (χ4n) is 6.64. The van der Waals surface area contributed by atoms with Crippen molar-refractivity contribution < 1.29 is 34.0 Å². The van der Waals surface area contributed by atoms with E-state index in [1.165, 1.54) is 13.0 Å². The average Bonchev–Trinajstić information content (AvgIpc) is 3.45. The molecule has 1 aliphatic carbocycles.